The standard InChI is InChI=1S/C24H28N2O2S/c1-3-10-25-23(28)24(9-11-26(16-24)22(27)20-13-17(20)2)15-18-6-4-7-19(14-18)21-8-5-12-29-21/h3-8,12,14,17,20H,1,9-11,13,15-16H2,2H3,(H,25,28)/t17-,20+,24+/m1/s1. The van der Waals surface area contributed by atoms with E-state index in [1.165, 1.54) is 10.4 Å². The van der Waals surface area contributed by atoms with E-state index in [1.807, 2.05) is 4.90 Å². The van der Waals surface area contributed by atoms with E-state index < -0.39 is 5.41 Å². The molecule has 2 amide bonds. The maximum Gasteiger partial charge on any atom is 0.228 e. The van der Waals surface area contributed by atoms with Crippen LogP contribution in [0, 0.1) is 17.3 Å². The SMILES string of the molecule is C=CCNC(=O)[C@]1(Cc2cccc(-c3cccs3)c2)CCN(C(=O)[C@H]2C[C@H]2C)C1. The number of thiophene rings is 1. The molecule has 0 radical (unpaired) electrons. The summed E-state index contributed by atoms with van der Waals surface area (Å²) in [6.45, 7) is 7.44. The van der Waals surface area contributed by atoms with Crippen molar-refractivity contribution in [2.24, 2.45) is 17.3 Å². The van der Waals surface area contributed by atoms with Gasteiger partial charge in [-0.15, -0.1) is 17.9 Å². The van der Waals surface area contributed by atoms with Crippen molar-refractivity contribution in [1.29, 1.82) is 0 Å². The zero-order valence-electron chi connectivity index (χ0n) is 16.9. The molecule has 2 heterocycles. The van der Waals surface area contributed by atoms with E-state index in [-0.39, 0.29) is 17.7 Å². The predicted octanol–water partition coefficient (Wildman–Crippen LogP) is 4.13. The molecular formula is C24H28N2O2S. The number of hydrogen-bond acceptors (Lipinski definition) is 3. The summed E-state index contributed by atoms with van der Waals surface area (Å²) in [4.78, 5) is 29.1. The first-order valence-corrected chi connectivity index (χ1v) is 11.2. The molecule has 0 bridgehead atoms. The number of nitrogens with zero attached hydrogens (tertiary/aromatic N) is 1. The molecule has 152 valence electrons. The lowest BCUT2D eigenvalue weighted by Crippen LogP contribution is -2.45. The fourth-order valence-corrected chi connectivity index (χ4v) is 5.12. The van der Waals surface area contributed by atoms with Crippen LogP contribution in [0.15, 0.2) is 54.4 Å². The van der Waals surface area contributed by atoms with Gasteiger partial charge in [0.05, 0.1) is 5.41 Å². The third kappa shape index (κ3) is 4.15. The zero-order chi connectivity index (χ0) is 20.4. The van der Waals surface area contributed by atoms with Gasteiger partial charge in [-0.3, -0.25) is 9.59 Å². The van der Waals surface area contributed by atoms with Gasteiger partial charge in [0, 0.05) is 30.4 Å². The number of carbonyl (C=O) groups excluding carboxylic acids is 2. The molecule has 2 aromatic rings. The van der Waals surface area contributed by atoms with Gasteiger partial charge in [-0.2, -0.15) is 0 Å². The molecule has 2 fully saturated rings. The molecule has 5 heteroatoms. The predicted molar refractivity (Wildman–Crippen MR) is 118 cm³/mol. The quantitative estimate of drug-likeness (QED) is 0.700. The summed E-state index contributed by atoms with van der Waals surface area (Å²) in [5.41, 5.74) is 1.74. The zero-order valence-corrected chi connectivity index (χ0v) is 17.7. The third-order valence-corrected chi connectivity index (χ3v) is 7.17. The number of benzene rings is 1. The van der Waals surface area contributed by atoms with Gasteiger partial charge in [-0.25, -0.2) is 0 Å². The second-order valence-corrected chi connectivity index (χ2v) is 9.41. The van der Waals surface area contributed by atoms with Crippen molar-refractivity contribution in [3.63, 3.8) is 0 Å². The summed E-state index contributed by atoms with van der Waals surface area (Å²) in [5, 5.41) is 5.07. The van der Waals surface area contributed by atoms with Gasteiger partial charge in [0.15, 0.2) is 0 Å². The Labute approximate surface area is 176 Å². The number of rotatable bonds is 7. The molecule has 1 saturated heterocycles. The maximum absolute atomic E-state index is 13.2. The average molecular weight is 409 g/mol. The van der Waals surface area contributed by atoms with Gasteiger partial charge >= 0.3 is 0 Å². The highest BCUT2D eigenvalue weighted by Gasteiger charge is 2.49. The van der Waals surface area contributed by atoms with Gasteiger partial charge in [0.25, 0.3) is 0 Å². The first-order chi connectivity index (χ1) is 14.0. The first-order valence-electron chi connectivity index (χ1n) is 10.3. The van der Waals surface area contributed by atoms with E-state index in [4.69, 9.17) is 0 Å². The van der Waals surface area contributed by atoms with Crippen LogP contribution < -0.4 is 5.32 Å². The Morgan fingerprint density at radius 3 is 2.86 bits per heavy atom. The van der Waals surface area contributed by atoms with Crippen molar-refractivity contribution in [3.05, 3.63) is 60.0 Å². The Bertz CT molecular complexity index is 907. The molecule has 4 rings (SSSR count). The lowest BCUT2D eigenvalue weighted by atomic mass is 9.79. The van der Waals surface area contributed by atoms with E-state index >= 15 is 0 Å². The minimum absolute atomic E-state index is 0.0260. The Balaban J connectivity index is 1.57. The first kappa shape index (κ1) is 19.9. The molecule has 0 unspecified atom stereocenters. The Morgan fingerprint density at radius 2 is 2.17 bits per heavy atom. The molecule has 2 aliphatic rings. The van der Waals surface area contributed by atoms with Crippen molar-refractivity contribution in [3.8, 4) is 10.4 Å². The monoisotopic (exact) mass is 408 g/mol. The van der Waals surface area contributed by atoms with Gasteiger partial charge in [-0.1, -0.05) is 43.3 Å². The molecular weight excluding hydrogens is 380 g/mol. The van der Waals surface area contributed by atoms with Crippen LogP contribution in [0.2, 0.25) is 0 Å². The molecule has 29 heavy (non-hydrogen) atoms. The van der Waals surface area contributed by atoms with Crippen LogP contribution in [-0.4, -0.2) is 36.3 Å². The highest BCUT2D eigenvalue weighted by molar-refractivity contribution is 7.13. The van der Waals surface area contributed by atoms with Crippen LogP contribution in [0.1, 0.15) is 25.3 Å². The van der Waals surface area contributed by atoms with E-state index in [0.29, 0.717) is 38.4 Å². The van der Waals surface area contributed by atoms with Crippen molar-refractivity contribution in [2.45, 2.75) is 26.2 Å². The summed E-state index contributed by atoms with van der Waals surface area (Å²) in [5.74, 6) is 0.889. The molecule has 3 atom stereocenters. The van der Waals surface area contributed by atoms with Crippen LogP contribution in [0.3, 0.4) is 0 Å². The Kier molecular flexibility index (Phi) is 5.59. The van der Waals surface area contributed by atoms with Crippen molar-refractivity contribution in [2.75, 3.05) is 19.6 Å². The number of amides is 2. The minimum atomic E-state index is -0.579. The molecule has 1 saturated carbocycles. The molecule has 4 nitrogen and oxygen atoms in total. The normalized spacial score (nSPS) is 25.6. The largest absolute Gasteiger partial charge is 0.352 e. The van der Waals surface area contributed by atoms with Gasteiger partial charge < -0.3 is 10.2 Å². The van der Waals surface area contributed by atoms with E-state index in [9.17, 15) is 9.59 Å². The third-order valence-electron chi connectivity index (χ3n) is 6.26. The second kappa shape index (κ2) is 8.15. The van der Waals surface area contributed by atoms with Crippen LogP contribution in [0.5, 0.6) is 0 Å². The fraction of sp³-hybridized carbons (Fsp3) is 0.417. The van der Waals surface area contributed by atoms with Crippen molar-refractivity contribution >= 4 is 23.2 Å². The van der Waals surface area contributed by atoms with Crippen LogP contribution in [0.4, 0.5) is 0 Å². The Morgan fingerprint density at radius 1 is 1.34 bits per heavy atom. The van der Waals surface area contributed by atoms with E-state index in [1.54, 1.807) is 17.4 Å². The number of nitrogens with one attached hydrogen (secondary N) is 1. The Hall–Kier alpha value is -2.40. The lowest BCUT2D eigenvalue weighted by Gasteiger charge is -2.28. The number of carbonyl (C=O) groups is 2. The topological polar surface area (TPSA) is 49.4 Å². The fourth-order valence-electron chi connectivity index (χ4n) is 4.39. The molecule has 1 aliphatic heterocycles. The van der Waals surface area contributed by atoms with Gasteiger partial charge in [0.2, 0.25) is 11.8 Å². The molecule has 1 N–H and O–H groups in total. The molecule has 1 aliphatic carbocycles. The smallest absolute Gasteiger partial charge is 0.228 e. The van der Waals surface area contributed by atoms with Crippen LogP contribution in [0.25, 0.3) is 10.4 Å². The second-order valence-electron chi connectivity index (χ2n) is 8.46. The summed E-state index contributed by atoms with van der Waals surface area (Å²) < 4.78 is 0. The highest BCUT2D eigenvalue weighted by atomic mass is 32.1. The van der Waals surface area contributed by atoms with E-state index in [2.05, 4.69) is 60.6 Å². The summed E-state index contributed by atoms with van der Waals surface area (Å²) >= 11 is 1.72. The van der Waals surface area contributed by atoms with Gasteiger partial charge in [-0.05, 0) is 47.8 Å². The highest BCUT2D eigenvalue weighted by Crippen LogP contribution is 2.42. The molecule has 1 aromatic carbocycles. The summed E-state index contributed by atoms with van der Waals surface area (Å²) in [6.07, 6.45) is 4.02. The number of hydrogen-bond donors (Lipinski definition) is 1. The molecule has 0 spiro atoms. The summed E-state index contributed by atoms with van der Waals surface area (Å²) in [7, 11) is 0. The van der Waals surface area contributed by atoms with Gasteiger partial charge in [0.1, 0.15) is 0 Å². The van der Waals surface area contributed by atoms with E-state index in [0.717, 1.165) is 12.0 Å². The minimum Gasteiger partial charge on any atom is -0.352 e. The van der Waals surface area contributed by atoms with Crippen molar-refractivity contribution < 1.29 is 9.59 Å². The van der Waals surface area contributed by atoms with Crippen LogP contribution in [-0.2, 0) is 16.0 Å². The van der Waals surface area contributed by atoms with Crippen molar-refractivity contribution in [1.82, 2.24) is 10.2 Å². The lowest BCUT2D eigenvalue weighted by molar-refractivity contribution is -0.134. The molecule has 1 aromatic heterocycles. The average Bonchev–Trinajstić information content (AvgIpc) is 3.14. The summed E-state index contributed by atoms with van der Waals surface area (Å²) in [6, 6.07) is 12.6. The maximum atomic E-state index is 13.2. The number of likely N-dealkylation sites (tertiary alicyclic amines) is 1. The van der Waals surface area contributed by atoms with Crippen LogP contribution >= 0.6 is 11.3 Å².